The fourth-order valence-corrected chi connectivity index (χ4v) is 9.40. The van der Waals surface area contributed by atoms with Crippen LogP contribution < -0.4 is 9.30 Å². The summed E-state index contributed by atoms with van der Waals surface area (Å²) in [5.41, 5.74) is 11.4. The second kappa shape index (κ2) is 18.8. The van der Waals surface area contributed by atoms with Crippen molar-refractivity contribution in [1.82, 2.24) is 14.1 Å². The molecule has 0 saturated heterocycles. The summed E-state index contributed by atoms with van der Waals surface area (Å²) in [6.45, 7) is 17.0. The van der Waals surface area contributed by atoms with Crippen LogP contribution in [0.25, 0.3) is 83.4 Å². The molecule has 0 saturated carbocycles. The number of para-hydroxylation sites is 4. The number of ether oxygens (including phenoxy) is 1. The zero-order valence-corrected chi connectivity index (χ0v) is 43.3. The van der Waals surface area contributed by atoms with Gasteiger partial charge in [0.15, 0.2) is 0 Å². The number of hydrogen-bond donors (Lipinski definition) is 0. The van der Waals surface area contributed by atoms with Gasteiger partial charge in [-0.3, -0.25) is 4.57 Å². The molecule has 11 aromatic rings. The van der Waals surface area contributed by atoms with E-state index in [4.69, 9.17) is 13.8 Å². The number of hydrogen-bond acceptors (Lipinski definition) is 2. The summed E-state index contributed by atoms with van der Waals surface area (Å²) in [5, 5.41) is 2.01. The summed E-state index contributed by atoms with van der Waals surface area (Å²) in [7, 11) is 0. The van der Waals surface area contributed by atoms with Gasteiger partial charge in [0.05, 0.1) is 23.6 Å². The van der Waals surface area contributed by atoms with Crippen molar-refractivity contribution >= 4 is 32.8 Å². The normalized spacial score (nSPS) is 13.3. The monoisotopic (exact) mass is 1110 g/mol. The maximum Gasteiger partial charge on any atom is 0.268 e. The predicted molar refractivity (Wildman–Crippen MR) is 288 cm³/mol. The summed E-state index contributed by atoms with van der Waals surface area (Å²) in [6, 6.07) is 55.5. The van der Waals surface area contributed by atoms with E-state index in [1.807, 2.05) is 151 Å². The maximum absolute atomic E-state index is 9.22. The number of imidazole rings is 1. The zero-order chi connectivity index (χ0) is 53.6. The number of benzene rings is 8. The Bertz CT molecular complexity index is 4050. The maximum atomic E-state index is 9.22. The Morgan fingerprint density at radius 2 is 1.25 bits per heavy atom. The van der Waals surface area contributed by atoms with Gasteiger partial charge in [-0.2, -0.15) is 18.2 Å². The third-order valence-electron chi connectivity index (χ3n) is 13.1. The number of aromatic nitrogens is 4. The van der Waals surface area contributed by atoms with Crippen molar-refractivity contribution in [2.24, 2.45) is 0 Å². The van der Waals surface area contributed by atoms with E-state index in [2.05, 4.69) is 94.9 Å². The van der Waals surface area contributed by atoms with E-state index in [0.29, 0.717) is 34.3 Å². The van der Waals surface area contributed by atoms with Gasteiger partial charge in [-0.25, -0.2) is 4.98 Å². The van der Waals surface area contributed by atoms with Crippen molar-refractivity contribution in [2.45, 2.75) is 72.1 Å². The van der Waals surface area contributed by atoms with E-state index < -0.39 is 24.0 Å². The van der Waals surface area contributed by atoms with Crippen molar-refractivity contribution < 1.29 is 38.6 Å². The van der Waals surface area contributed by atoms with Crippen molar-refractivity contribution in [3.05, 3.63) is 223 Å². The molecule has 71 heavy (non-hydrogen) atoms. The Balaban J connectivity index is 0.00000672. The van der Waals surface area contributed by atoms with E-state index in [1.165, 1.54) is 0 Å². The molecular weight excluding hydrogens is 1050 g/mol. The van der Waals surface area contributed by atoms with Gasteiger partial charge in [0.1, 0.15) is 5.82 Å². The van der Waals surface area contributed by atoms with Gasteiger partial charge in [-0.15, -0.1) is 29.7 Å². The van der Waals surface area contributed by atoms with Crippen LogP contribution in [-0.4, -0.2) is 14.1 Å². The topological polar surface area (TPSA) is 35.9 Å². The minimum absolute atomic E-state index is 0. The molecule has 0 aliphatic rings. The number of fused-ring (bicyclic) bond motifs is 4. The minimum atomic E-state index is -0.924. The standard InChI is InChI=1S/C65H56N4O.Pt/c1-43(2)56-40-62(66-41-57(56)45-23-13-10-14-24-45)69-58-30-16-15-27-54(58)55-34-33-51(39-61(55)69)70-50-26-19-25-49(38-50)67-42-68(60-32-18-17-31-59(60)67)63-52(44-21-11-9-12-22-44)28-20-29-53(63)46-35-47(64(3,4)5)37-48(36-46)65(6,7)8;/h9-37,40-41,43H,1-8H3;/q-2;/i9D,11D,12D,21D,22D,43D;. The number of pyridine rings is 1. The van der Waals surface area contributed by atoms with Gasteiger partial charge < -0.3 is 13.9 Å². The third kappa shape index (κ3) is 8.94. The Kier molecular flexibility index (Phi) is 10.7. The zero-order valence-electron chi connectivity index (χ0n) is 47.0. The summed E-state index contributed by atoms with van der Waals surface area (Å²) in [6.07, 6.45) is 5.53. The molecule has 0 spiro atoms. The van der Waals surface area contributed by atoms with Crippen LogP contribution >= 0.6 is 0 Å². The Morgan fingerprint density at radius 1 is 0.606 bits per heavy atom. The molecule has 5 nitrogen and oxygen atoms in total. The molecule has 3 heterocycles. The average molecular weight is 1110 g/mol. The molecule has 354 valence electrons. The molecule has 3 aromatic heterocycles. The molecule has 0 fully saturated rings. The van der Waals surface area contributed by atoms with E-state index in [-0.39, 0.29) is 49.5 Å². The first-order chi connectivity index (χ1) is 36.2. The van der Waals surface area contributed by atoms with E-state index >= 15 is 0 Å². The fraction of sp³-hybridized carbons (Fsp3) is 0.169. The van der Waals surface area contributed by atoms with Crippen LogP contribution in [0.2, 0.25) is 0 Å². The SMILES string of the molecule is [2H]c1c([2H])c([2H])c(-c2cccc(-c3cc(C(C)(C)C)cc(C(C)(C)C)c3)c2-[n+]2[c-]n(-c3[c-]c(Oc4[c-]c5c(cc4)c4ccccc4n5-c4cc(C([2H])(C)C)c(-c5ccccc5)cn4)ccc3)c3ccccc32)c([2H])c1[2H].[Pt]. The molecule has 6 heteroatoms. The van der Waals surface area contributed by atoms with Crippen LogP contribution in [0, 0.1) is 18.5 Å². The molecule has 0 aliphatic heterocycles. The number of rotatable bonds is 9. The molecular formula is C65H56N4OPt-2. The van der Waals surface area contributed by atoms with Crippen LogP contribution in [0.4, 0.5) is 0 Å². The van der Waals surface area contributed by atoms with E-state index in [1.54, 1.807) is 0 Å². The van der Waals surface area contributed by atoms with Crippen molar-refractivity contribution in [2.75, 3.05) is 0 Å². The second-order valence-electron chi connectivity index (χ2n) is 20.2. The van der Waals surface area contributed by atoms with Crippen LogP contribution in [0.15, 0.2) is 188 Å². The summed E-state index contributed by atoms with van der Waals surface area (Å²) in [5.74, 6) is 0.643. The molecule has 0 bridgehead atoms. The molecule has 8 aromatic carbocycles. The second-order valence-corrected chi connectivity index (χ2v) is 20.2. The molecule has 0 amide bonds. The van der Waals surface area contributed by atoms with Gasteiger partial charge in [0.25, 0.3) is 6.33 Å². The van der Waals surface area contributed by atoms with Crippen molar-refractivity contribution in [3.63, 3.8) is 0 Å². The fourth-order valence-electron chi connectivity index (χ4n) is 9.40. The average Bonchev–Trinajstić information content (AvgIpc) is 4.10. The number of nitrogens with zero attached hydrogens (tertiary/aromatic N) is 4. The summed E-state index contributed by atoms with van der Waals surface area (Å²) in [4.78, 5) is 5.03. The summed E-state index contributed by atoms with van der Waals surface area (Å²) < 4.78 is 66.2. The first-order valence-corrected chi connectivity index (χ1v) is 23.7. The quantitative estimate of drug-likeness (QED) is 0.107. The van der Waals surface area contributed by atoms with Crippen LogP contribution in [0.5, 0.6) is 11.5 Å². The van der Waals surface area contributed by atoms with Gasteiger partial charge >= 0.3 is 0 Å². The first kappa shape index (κ1) is 40.4. The van der Waals surface area contributed by atoms with Gasteiger partial charge in [-0.05, 0) is 84.4 Å². The molecule has 0 N–H and O–H groups in total. The third-order valence-corrected chi connectivity index (χ3v) is 13.1. The van der Waals surface area contributed by atoms with Crippen LogP contribution in [0.1, 0.15) is 86.2 Å². The largest absolute Gasteiger partial charge is 0.510 e. The molecule has 11 rings (SSSR count). The first-order valence-electron chi connectivity index (χ1n) is 26.7. The Hall–Kier alpha value is -7.33. The predicted octanol–water partition coefficient (Wildman–Crippen LogP) is 16.3. The molecule has 0 atom stereocenters. The van der Waals surface area contributed by atoms with E-state index in [0.717, 1.165) is 71.8 Å². The van der Waals surface area contributed by atoms with Crippen LogP contribution in [0.3, 0.4) is 0 Å². The van der Waals surface area contributed by atoms with Gasteiger partial charge in [0, 0.05) is 51.2 Å². The van der Waals surface area contributed by atoms with Crippen molar-refractivity contribution in [1.29, 1.82) is 0 Å². The van der Waals surface area contributed by atoms with Crippen molar-refractivity contribution in [3.8, 4) is 62.1 Å². The molecule has 0 unspecified atom stereocenters. The van der Waals surface area contributed by atoms with Gasteiger partial charge in [0.2, 0.25) is 0 Å². The molecule has 0 aliphatic carbocycles. The van der Waals surface area contributed by atoms with Crippen LogP contribution in [-0.2, 0) is 31.9 Å². The van der Waals surface area contributed by atoms with Gasteiger partial charge in [-0.1, -0.05) is 200 Å². The molecule has 0 radical (unpaired) electrons. The summed E-state index contributed by atoms with van der Waals surface area (Å²) >= 11 is 0. The van der Waals surface area contributed by atoms with E-state index in [9.17, 15) is 4.11 Å². The smallest absolute Gasteiger partial charge is 0.268 e. The minimum Gasteiger partial charge on any atom is -0.510 e. The Morgan fingerprint density at radius 3 is 1.97 bits per heavy atom. The Labute approximate surface area is 440 Å².